The molecule has 2 rings (SSSR count). The maximum atomic E-state index is 12.4. The number of halogens is 1. The summed E-state index contributed by atoms with van der Waals surface area (Å²) in [5.41, 5.74) is 1.82. The summed E-state index contributed by atoms with van der Waals surface area (Å²) in [6.45, 7) is 5.84. The zero-order valence-electron chi connectivity index (χ0n) is 20.0. The number of guanidine groups is 1. The van der Waals surface area contributed by atoms with Crippen molar-refractivity contribution in [2.45, 2.75) is 52.0 Å². The van der Waals surface area contributed by atoms with E-state index in [0.29, 0.717) is 18.7 Å². The van der Waals surface area contributed by atoms with Gasteiger partial charge < -0.3 is 26.0 Å². The zero-order chi connectivity index (χ0) is 22.5. The predicted molar refractivity (Wildman–Crippen MR) is 143 cm³/mol. The van der Waals surface area contributed by atoms with E-state index in [1.54, 1.807) is 0 Å². The molecular weight excluding hydrogens is 517 g/mol. The van der Waals surface area contributed by atoms with Gasteiger partial charge in [-0.1, -0.05) is 31.4 Å². The number of nitrogens with one attached hydrogen (secondary N) is 3. The fourth-order valence-electron chi connectivity index (χ4n) is 4.14. The van der Waals surface area contributed by atoms with Crippen molar-refractivity contribution in [2.24, 2.45) is 10.4 Å². The molecule has 0 aliphatic heterocycles. The highest BCUT2D eigenvalue weighted by Gasteiger charge is 2.31. The summed E-state index contributed by atoms with van der Waals surface area (Å²) < 4.78 is 0. The molecule has 8 heteroatoms. The quantitative estimate of drug-likeness (QED) is 0.190. The summed E-state index contributed by atoms with van der Waals surface area (Å²) in [4.78, 5) is 19.2. The van der Waals surface area contributed by atoms with Gasteiger partial charge in [0.15, 0.2) is 5.96 Å². The van der Waals surface area contributed by atoms with Crippen LogP contribution in [-0.4, -0.2) is 68.8 Å². The van der Waals surface area contributed by atoms with E-state index < -0.39 is 0 Å². The molecule has 1 saturated carbocycles. The molecule has 1 aromatic rings. The van der Waals surface area contributed by atoms with Gasteiger partial charge in [-0.05, 0) is 63.4 Å². The first kappa shape index (κ1) is 28.6. The molecule has 0 heterocycles. The van der Waals surface area contributed by atoms with Gasteiger partial charge >= 0.3 is 0 Å². The number of benzene rings is 1. The van der Waals surface area contributed by atoms with Gasteiger partial charge in [-0.25, -0.2) is 4.99 Å². The monoisotopic (exact) mass is 559 g/mol. The second-order valence-electron chi connectivity index (χ2n) is 8.84. The molecule has 182 valence electrons. The molecule has 0 saturated heterocycles. The van der Waals surface area contributed by atoms with E-state index in [0.717, 1.165) is 50.4 Å². The van der Waals surface area contributed by atoms with E-state index in [2.05, 4.69) is 22.9 Å². The first-order valence-corrected chi connectivity index (χ1v) is 11.6. The molecule has 0 atom stereocenters. The molecule has 32 heavy (non-hydrogen) atoms. The normalized spacial score (nSPS) is 15.7. The molecular formula is C24H42IN5O2. The van der Waals surface area contributed by atoms with Crippen LogP contribution < -0.4 is 16.0 Å². The van der Waals surface area contributed by atoms with Gasteiger partial charge in [-0.2, -0.15) is 0 Å². The summed E-state index contributed by atoms with van der Waals surface area (Å²) in [6.07, 6.45) is 6.91. The van der Waals surface area contributed by atoms with Crippen molar-refractivity contribution >= 4 is 35.8 Å². The van der Waals surface area contributed by atoms with Gasteiger partial charge in [-0.15, -0.1) is 24.0 Å². The van der Waals surface area contributed by atoms with Crippen molar-refractivity contribution in [1.82, 2.24) is 20.9 Å². The van der Waals surface area contributed by atoms with Crippen LogP contribution in [0.4, 0.5) is 0 Å². The standard InChI is InChI=1S/C24H41N5O2.HI/c1-4-25-23(28-19-24(13-16-30)11-6-5-7-12-24)27-18-20-9-8-10-21(17-20)22(31)26-14-15-29(2)3;/h8-10,17,30H,4-7,11-16,18-19H2,1-3H3,(H,26,31)(H2,25,27,28);1H. The Morgan fingerprint density at radius 1 is 1.16 bits per heavy atom. The van der Waals surface area contributed by atoms with Gasteiger partial charge in [-0.3, -0.25) is 4.79 Å². The fraction of sp³-hybridized carbons (Fsp3) is 0.667. The maximum Gasteiger partial charge on any atom is 0.251 e. The largest absolute Gasteiger partial charge is 0.396 e. The lowest BCUT2D eigenvalue weighted by atomic mass is 9.72. The van der Waals surface area contributed by atoms with Crippen LogP contribution in [0.25, 0.3) is 0 Å². The Hall–Kier alpha value is -1.39. The van der Waals surface area contributed by atoms with Gasteiger partial charge in [0, 0.05) is 38.3 Å². The predicted octanol–water partition coefficient (Wildman–Crippen LogP) is 2.98. The number of amides is 1. The molecule has 7 nitrogen and oxygen atoms in total. The second kappa shape index (κ2) is 15.4. The topological polar surface area (TPSA) is 89.0 Å². The third-order valence-electron chi connectivity index (χ3n) is 5.98. The number of carbonyl (C=O) groups excluding carboxylic acids is 1. The number of rotatable bonds is 11. The van der Waals surface area contributed by atoms with Gasteiger partial charge in [0.05, 0.1) is 6.54 Å². The minimum Gasteiger partial charge on any atom is -0.396 e. The lowest BCUT2D eigenvalue weighted by Crippen LogP contribution is -2.44. The lowest BCUT2D eigenvalue weighted by molar-refractivity contribution is 0.0951. The molecule has 1 amide bonds. The molecule has 1 aliphatic rings. The summed E-state index contributed by atoms with van der Waals surface area (Å²) in [5, 5.41) is 19.3. The summed E-state index contributed by atoms with van der Waals surface area (Å²) in [6, 6.07) is 7.65. The SMILES string of the molecule is CCNC(=NCc1cccc(C(=O)NCCN(C)C)c1)NCC1(CCO)CCCCC1.I. The summed E-state index contributed by atoms with van der Waals surface area (Å²) in [5.74, 6) is 0.729. The highest BCUT2D eigenvalue weighted by Crippen LogP contribution is 2.38. The Labute approximate surface area is 210 Å². The van der Waals surface area contributed by atoms with Crippen molar-refractivity contribution in [3.05, 3.63) is 35.4 Å². The van der Waals surface area contributed by atoms with E-state index in [1.807, 2.05) is 43.3 Å². The average Bonchev–Trinajstić information content (AvgIpc) is 2.76. The number of nitrogens with zero attached hydrogens (tertiary/aromatic N) is 2. The summed E-state index contributed by atoms with van der Waals surface area (Å²) in [7, 11) is 3.97. The number of aliphatic hydroxyl groups is 1. The van der Waals surface area contributed by atoms with Crippen LogP contribution in [0.5, 0.6) is 0 Å². The molecule has 1 aromatic carbocycles. The first-order chi connectivity index (χ1) is 15.0. The van der Waals surface area contributed by atoms with E-state index in [9.17, 15) is 9.90 Å². The number of likely N-dealkylation sites (N-methyl/N-ethyl adjacent to an activating group) is 1. The van der Waals surface area contributed by atoms with Gasteiger partial charge in [0.25, 0.3) is 5.91 Å². The minimum absolute atomic E-state index is 0. The van der Waals surface area contributed by atoms with Crippen LogP contribution in [-0.2, 0) is 6.54 Å². The second-order valence-corrected chi connectivity index (χ2v) is 8.84. The number of aliphatic hydroxyl groups excluding tert-OH is 1. The van der Waals surface area contributed by atoms with Crippen LogP contribution in [0.2, 0.25) is 0 Å². The first-order valence-electron chi connectivity index (χ1n) is 11.6. The van der Waals surface area contributed by atoms with E-state index in [-0.39, 0.29) is 41.9 Å². The van der Waals surface area contributed by atoms with E-state index in [4.69, 9.17) is 4.99 Å². The smallest absolute Gasteiger partial charge is 0.251 e. The third-order valence-corrected chi connectivity index (χ3v) is 5.98. The Kier molecular flexibility index (Phi) is 13.8. The van der Waals surface area contributed by atoms with Crippen LogP contribution in [0.15, 0.2) is 29.3 Å². The third kappa shape index (κ3) is 10.0. The van der Waals surface area contributed by atoms with Crippen molar-refractivity contribution in [2.75, 3.05) is 46.9 Å². The average molecular weight is 560 g/mol. The number of carbonyl (C=O) groups is 1. The molecule has 0 spiro atoms. The highest BCUT2D eigenvalue weighted by atomic mass is 127. The molecule has 0 radical (unpaired) electrons. The lowest BCUT2D eigenvalue weighted by Gasteiger charge is -2.37. The number of aliphatic imine (C=N–C) groups is 1. The Morgan fingerprint density at radius 3 is 2.56 bits per heavy atom. The molecule has 1 fully saturated rings. The molecule has 0 unspecified atom stereocenters. The van der Waals surface area contributed by atoms with Crippen LogP contribution >= 0.6 is 24.0 Å². The van der Waals surface area contributed by atoms with Crippen molar-refractivity contribution in [1.29, 1.82) is 0 Å². The van der Waals surface area contributed by atoms with Gasteiger partial charge in [0.1, 0.15) is 0 Å². The van der Waals surface area contributed by atoms with Crippen LogP contribution in [0, 0.1) is 5.41 Å². The summed E-state index contributed by atoms with van der Waals surface area (Å²) >= 11 is 0. The van der Waals surface area contributed by atoms with Crippen molar-refractivity contribution in [3.8, 4) is 0 Å². The molecule has 0 bridgehead atoms. The Bertz CT molecular complexity index is 700. The van der Waals surface area contributed by atoms with E-state index >= 15 is 0 Å². The number of hydrogen-bond donors (Lipinski definition) is 4. The van der Waals surface area contributed by atoms with Gasteiger partial charge in [0.2, 0.25) is 0 Å². The van der Waals surface area contributed by atoms with E-state index in [1.165, 1.54) is 19.3 Å². The molecule has 1 aliphatic carbocycles. The zero-order valence-corrected chi connectivity index (χ0v) is 22.3. The Morgan fingerprint density at radius 2 is 1.91 bits per heavy atom. The van der Waals surface area contributed by atoms with Crippen molar-refractivity contribution in [3.63, 3.8) is 0 Å². The maximum absolute atomic E-state index is 12.4. The fourth-order valence-corrected chi connectivity index (χ4v) is 4.14. The van der Waals surface area contributed by atoms with Crippen LogP contribution in [0.3, 0.4) is 0 Å². The minimum atomic E-state index is -0.0547. The van der Waals surface area contributed by atoms with Crippen LogP contribution in [0.1, 0.15) is 61.4 Å². The molecule has 4 N–H and O–H groups in total. The van der Waals surface area contributed by atoms with Crippen molar-refractivity contribution < 1.29 is 9.90 Å². The number of hydrogen-bond acceptors (Lipinski definition) is 4. The highest BCUT2D eigenvalue weighted by molar-refractivity contribution is 14.0. The Balaban J connectivity index is 0.00000512. The molecule has 0 aromatic heterocycles.